The number of hydrogen-bond acceptors (Lipinski definition) is 1. The maximum Gasteiger partial charge on any atom is 0.306 e. The van der Waals surface area contributed by atoms with Gasteiger partial charge in [-0.25, -0.2) is 0 Å². The van der Waals surface area contributed by atoms with E-state index >= 15 is 0 Å². The molecule has 2 aromatic rings. The zero-order valence-corrected chi connectivity index (χ0v) is 10.8. The molecule has 1 aliphatic rings. The van der Waals surface area contributed by atoms with Crippen LogP contribution in [0, 0.1) is 12.8 Å². The molecule has 1 aliphatic carbocycles. The van der Waals surface area contributed by atoms with Crippen molar-refractivity contribution in [2.45, 2.75) is 26.2 Å². The number of carbonyl (C=O) groups is 1. The monoisotopic (exact) mass is 263 g/mol. The van der Waals surface area contributed by atoms with E-state index in [1.807, 2.05) is 19.1 Å². The van der Waals surface area contributed by atoms with E-state index < -0.39 is 5.97 Å². The third-order valence-electron chi connectivity index (χ3n) is 3.89. The van der Waals surface area contributed by atoms with E-state index in [4.69, 9.17) is 16.7 Å². The minimum atomic E-state index is -0.700. The summed E-state index contributed by atoms with van der Waals surface area (Å²) in [6.45, 7) is 2.02. The fourth-order valence-electron chi connectivity index (χ4n) is 2.90. The van der Waals surface area contributed by atoms with Crippen LogP contribution in [0.4, 0.5) is 0 Å². The summed E-state index contributed by atoms with van der Waals surface area (Å²) >= 11 is 6.16. The molecule has 0 radical (unpaired) electrons. The zero-order valence-electron chi connectivity index (χ0n) is 10.1. The lowest BCUT2D eigenvalue weighted by Crippen LogP contribution is -2.21. The number of carboxylic acid groups (broad SMARTS) is 1. The quantitative estimate of drug-likeness (QED) is 0.829. The van der Waals surface area contributed by atoms with Gasteiger partial charge < -0.3 is 10.1 Å². The maximum absolute atomic E-state index is 11.1. The first-order valence-electron chi connectivity index (χ1n) is 6.09. The number of halogens is 1. The lowest BCUT2D eigenvalue weighted by molar-refractivity contribution is -0.142. The molecule has 1 heterocycles. The van der Waals surface area contributed by atoms with Crippen molar-refractivity contribution in [3.8, 4) is 0 Å². The Morgan fingerprint density at radius 2 is 2.28 bits per heavy atom. The van der Waals surface area contributed by atoms with Gasteiger partial charge in [0.2, 0.25) is 0 Å². The van der Waals surface area contributed by atoms with Gasteiger partial charge in [0, 0.05) is 28.0 Å². The van der Waals surface area contributed by atoms with Crippen molar-refractivity contribution in [2.24, 2.45) is 5.92 Å². The summed E-state index contributed by atoms with van der Waals surface area (Å²) in [6, 6.07) is 3.86. The fraction of sp³-hybridized carbons (Fsp3) is 0.357. The van der Waals surface area contributed by atoms with Gasteiger partial charge in [-0.05, 0) is 43.0 Å². The Balaban J connectivity index is 2.16. The molecule has 94 valence electrons. The number of benzene rings is 1. The fourth-order valence-corrected chi connectivity index (χ4v) is 3.05. The van der Waals surface area contributed by atoms with Gasteiger partial charge in [0.25, 0.3) is 0 Å². The predicted molar refractivity (Wildman–Crippen MR) is 71.2 cm³/mol. The highest BCUT2D eigenvalue weighted by Gasteiger charge is 2.27. The molecule has 1 aromatic heterocycles. The second kappa shape index (κ2) is 4.02. The number of aromatic nitrogens is 1. The van der Waals surface area contributed by atoms with Crippen LogP contribution in [0.3, 0.4) is 0 Å². The molecular formula is C14H14ClNO2. The number of carboxylic acids is 1. The van der Waals surface area contributed by atoms with Crippen LogP contribution in [0.2, 0.25) is 5.02 Å². The van der Waals surface area contributed by atoms with Crippen molar-refractivity contribution >= 4 is 28.5 Å². The summed E-state index contributed by atoms with van der Waals surface area (Å²) in [5.41, 5.74) is 4.46. The molecular weight excluding hydrogens is 250 g/mol. The molecule has 2 N–H and O–H groups in total. The lowest BCUT2D eigenvalue weighted by Gasteiger charge is -2.18. The van der Waals surface area contributed by atoms with Gasteiger partial charge in [0.15, 0.2) is 0 Å². The smallest absolute Gasteiger partial charge is 0.306 e. The van der Waals surface area contributed by atoms with E-state index in [1.165, 1.54) is 10.9 Å². The number of aliphatic carboxylic acids is 1. The molecule has 18 heavy (non-hydrogen) atoms. The summed E-state index contributed by atoms with van der Waals surface area (Å²) < 4.78 is 0. The highest BCUT2D eigenvalue weighted by molar-refractivity contribution is 6.32. The summed E-state index contributed by atoms with van der Waals surface area (Å²) in [4.78, 5) is 14.4. The van der Waals surface area contributed by atoms with Crippen molar-refractivity contribution in [3.63, 3.8) is 0 Å². The van der Waals surface area contributed by atoms with E-state index in [1.54, 1.807) is 0 Å². The van der Waals surface area contributed by atoms with Crippen LogP contribution >= 0.6 is 11.6 Å². The Hall–Kier alpha value is -1.48. The van der Waals surface area contributed by atoms with Gasteiger partial charge in [-0.2, -0.15) is 0 Å². The Bertz CT molecular complexity index is 645. The number of hydrogen-bond donors (Lipinski definition) is 2. The van der Waals surface area contributed by atoms with Crippen molar-refractivity contribution in [1.82, 2.24) is 4.98 Å². The molecule has 4 heteroatoms. The van der Waals surface area contributed by atoms with Crippen molar-refractivity contribution in [3.05, 3.63) is 34.0 Å². The largest absolute Gasteiger partial charge is 0.481 e. The second-order valence-electron chi connectivity index (χ2n) is 4.96. The molecule has 0 amide bonds. The molecule has 3 rings (SSSR count). The number of nitrogens with one attached hydrogen (secondary N) is 1. The number of aromatic amines is 1. The van der Waals surface area contributed by atoms with E-state index in [0.717, 1.165) is 28.2 Å². The van der Waals surface area contributed by atoms with Gasteiger partial charge in [0.05, 0.1) is 5.92 Å². The van der Waals surface area contributed by atoms with E-state index in [-0.39, 0.29) is 5.92 Å². The number of fused-ring (bicyclic) bond motifs is 3. The average molecular weight is 264 g/mol. The van der Waals surface area contributed by atoms with Crippen LogP contribution in [0.1, 0.15) is 23.2 Å². The Kier molecular flexibility index (Phi) is 2.59. The lowest BCUT2D eigenvalue weighted by atomic mass is 9.86. The first-order valence-corrected chi connectivity index (χ1v) is 6.47. The van der Waals surface area contributed by atoms with Crippen molar-refractivity contribution < 1.29 is 9.90 Å². The summed E-state index contributed by atoms with van der Waals surface area (Å²) in [5, 5.41) is 11.1. The molecule has 1 aromatic carbocycles. The third kappa shape index (κ3) is 1.62. The Morgan fingerprint density at radius 3 is 3.00 bits per heavy atom. The third-order valence-corrected chi connectivity index (χ3v) is 4.30. The highest BCUT2D eigenvalue weighted by Crippen LogP contribution is 2.35. The number of aryl methyl sites for hydroxylation is 2. The maximum atomic E-state index is 11.1. The standard InChI is InChI=1S/C14H14ClNO2/c1-7-10(15)4-5-11-13(7)9-3-2-8(14(17)18)6-12(9)16-11/h4-5,8,16H,2-3,6H2,1H3,(H,17,18). The zero-order chi connectivity index (χ0) is 12.9. The van der Waals surface area contributed by atoms with Crippen LogP contribution in [-0.2, 0) is 17.6 Å². The molecule has 0 saturated carbocycles. The first kappa shape index (κ1) is 11.6. The Labute approximate surface area is 110 Å². The summed E-state index contributed by atoms with van der Waals surface area (Å²) in [7, 11) is 0. The van der Waals surface area contributed by atoms with Crippen LogP contribution in [0.5, 0.6) is 0 Å². The minimum Gasteiger partial charge on any atom is -0.481 e. The predicted octanol–water partition coefficient (Wildman–Crippen LogP) is 3.32. The van der Waals surface area contributed by atoms with Crippen LogP contribution in [0.15, 0.2) is 12.1 Å². The number of rotatable bonds is 1. The molecule has 0 aliphatic heterocycles. The van der Waals surface area contributed by atoms with Crippen molar-refractivity contribution in [2.75, 3.05) is 0 Å². The van der Waals surface area contributed by atoms with Crippen molar-refractivity contribution in [1.29, 1.82) is 0 Å². The van der Waals surface area contributed by atoms with Crippen LogP contribution in [0.25, 0.3) is 10.9 Å². The van der Waals surface area contributed by atoms with E-state index in [9.17, 15) is 4.79 Å². The molecule has 0 fully saturated rings. The van der Waals surface area contributed by atoms with Gasteiger partial charge in [-0.1, -0.05) is 11.6 Å². The van der Waals surface area contributed by atoms with Gasteiger partial charge in [-0.3, -0.25) is 4.79 Å². The molecule has 1 atom stereocenters. The highest BCUT2D eigenvalue weighted by atomic mass is 35.5. The summed E-state index contributed by atoms with van der Waals surface area (Å²) in [6.07, 6.45) is 2.12. The Morgan fingerprint density at radius 1 is 1.50 bits per heavy atom. The topological polar surface area (TPSA) is 53.1 Å². The molecule has 1 unspecified atom stereocenters. The first-order chi connectivity index (χ1) is 8.58. The van der Waals surface area contributed by atoms with Gasteiger partial charge in [-0.15, -0.1) is 0 Å². The summed E-state index contributed by atoms with van der Waals surface area (Å²) in [5.74, 6) is -0.963. The minimum absolute atomic E-state index is 0.263. The SMILES string of the molecule is Cc1c(Cl)ccc2[nH]c3c(c12)CCC(C(=O)O)C3. The van der Waals surface area contributed by atoms with E-state index in [2.05, 4.69) is 4.98 Å². The molecule has 0 bridgehead atoms. The molecule has 0 spiro atoms. The molecule has 0 saturated heterocycles. The van der Waals surface area contributed by atoms with Gasteiger partial charge >= 0.3 is 5.97 Å². The molecule has 3 nitrogen and oxygen atoms in total. The number of H-pyrrole nitrogens is 1. The second-order valence-corrected chi connectivity index (χ2v) is 5.36. The van der Waals surface area contributed by atoms with Crippen LogP contribution < -0.4 is 0 Å². The van der Waals surface area contributed by atoms with Crippen LogP contribution in [-0.4, -0.2) is 16.1 Å². The normalized spacial score (nSPS) is 18.9. The van der Waals surface area contributed by atoms with Gasteiger partial charge in [0.1, 0.15) is 0 Å². The van der Waals surface area contributed by atoms with E-state index in [0.29, 0.717) is 12.8 Å². The average Bonchev–Trinajstić information content (AvgIpc) is 2.71.